The molecule has 3 rings (SSSR count). The Kier molecular flexibility index (Phi) is 1.07. The topological polar surface area (TPSA) is 61.9 Å². The van der Waals surface area contributed by atoms with Crippen LogP contribution in [0.1, 0.15) is 18.0 Å². The van der Waals surface area contributed by atoms with Gasteiger partial charge in [0, 0.05) is 6.54 Å². The summed E-state index contributed by atoms with van der Waals surface area (Å²) in [5.41, 5.74) is 7.40. The number of hydrogen-bond donors (Lipinski definition) is 3. The molecule has 2 aliphatic heterocycles. The number of hydrogen-bond acceptors (Lipinski definition) is 5. The quantitative estimate of drug-likeness (QED) is 0.512. The third-order valence-corrected chi connectivity index (χ3v) is 2.32. The van der Waals surface area contributed by atoms with Crippen LogP contribution in [0.4, 0.5) is 11.6 Å². The van der Waals surface area contributed by atoms with Gasteiger partial charge in [0.05, 0.1) is 11.6 Å². The van der Waals surface area contributed by atoms with E-state index >= 15 is 0 Å². The van der Waals surface area contributed by atoms with Crippen molar-refractivity contribution in [1.82, 2.24) is 15.4 Å². The SMILES string of the molecule is c1nc2c3c(n1)NNC3CCN2. The first-order valence-corrected chi connectivity index (χ1v) is 4.05. The summed E-state index contributed by atoms with van der Waals surface area (Å²) in [5, 5.41) is 3.24. The second-order valence-electron chi connectivity index (χ2n) is 3.02. The number of hydrazine groups is 1. The van der Waals surface area contributed by atoms with Gasteiger partial charge in [0.15, 0.2) is 5.82 Å². The van der Waals surface area contributed by atoms with E-state index in [1.54, 1.807) is 6.33 Å². The Bertz CT molecular complexity index is 324. The molecule has 0 aliphatic carbocycles. The monoisotopic (exact) mass is 163 g/mol. The highest BCUT2D eigenvalue weighted by Crippen LogP contribution is 2.35. The first-order valence-electron chi connectivity index (χ1n) is 4.05. The fourth-order valence-corrected chi connectivity index (χ4v) is 1.75. The van der Waals surface area contributed by atoms with Gasteiger partial charge in [-0.15, -0.1) is 0 Å². The van der Waals surface area contributed by atoms with Gasteiger partial charge >= 0.3 is 0 Å². The van der Waals surface area contributed by atoms with Gasteiger partial charge in [-0.25, -0.2) is 15.4 Å². The van der Waals surface area contributed by atoms with E-state index in [9.17, 15) is 0 Å². The van der Waals surface area contributed by atoms with Gasteiger partial charge in [0.2, 0.25) is 0 Å². The van der Waals surface area contributed by atoms with Crippen LogP contribution in [0, 0.1) is 0 Å². The second-order valence-corrected chi connectivity index (χ2v) is 3.02. The molecule has 0 bridgehead atoms. The lowest BCUT2D eigenvalue weighted by Crippen LogP contribution is -2.24. The van der Waals surface area contributed by atoms with Gasteiger partial charge in [-0.1, -0.05) is 0 Å². The molecular weight excluding hydrogens is 154 g/mol. The van der Waals surface area contributed by atoms with Crippen LogP contribution in [0.5, 0.6) is 0 Å². The normalized spacial score (nSPS) is 24.2. The fraction of sp³-hybridized carbons (Fsp3) is 0.429. The van der Waals surface area contributed by atoms with Gasteiger partial charge < -0.3 is 10.7 Å². The molecule has 3 N–H and O–H groups in total. The number of nitrogens with one attached hydrogen (secondary N) is 3. The smallest absolute Gasteiger partial charge is 0.150 e. The van der Waals surface area contributed by atoms with Gasteiger partial charge in [0.25, 0.3) is 0 Å². The highest BCUT2D eigenvalue weighted by Gasteiger charge is 2.29. The molecular formula is C7H9N5. The van der Waals surface area contributed by atoms with E-state index in [-0.39, 0.29) is 0 Å². The van der Waals surface area contributed by atoms with Gasteiger partial charge in [-0.3, -0.25) is 0 Å². The Morgan fingerprint density at radius 3 is 3.25 bits per heavy atom. The van der Waals surface area contributed by atoms with Gasteiger partial charge in [-0.05, 0) is 6.42 Å². The molecule has 0 spiro atoms. The number of rotatable bonds is 0. The standard InChI is InChI=1S/C7H9N5/c1-2-8-6-5-4(1)11-12-7(5)10-3-9-6/h3-4,11H,1-2H2,(H2,8,9,10,12). The predicted molar refractivity (Wildman–Crippen MR) is 44.6 cm³/mol. The molecule has 5 nitrogen and oxygen atoms in total. The van der Waals surface area contributed by atoms with E-state index < -0.39 is 0 Å². The Morgan fingerprint density at radius 2 is 2.25 bits per heavy atom. The maximum Gasteiger partial charge on any atom is 0.150 e. The summed E-state index contributed by atoms with van der Waals surface area (Å²) in [7, 11) is 0. The van der Waals surface area contributed by atoms with Crippen molar-refractivity contribution in [1.29, 1.82) is 0 Å². The van der Waals surface area contributed by atoms with Crippen molar-refractivity contribution < 1.29 is 0 Å². The average Bonchev–Trinajstić information content (AvgIpc) is 2.52. The minimum atomic E-state index is 0.387. The molecule has 0 saturated carbocycles. The molecule has 1 aromatic rings. The molecule has 0 amide bonds. The minimum Gasteiger partial charge on any atom is -0.370 e. The summed E-state index contributed by atoms with van der Waals surface area (Å²) in [4.78, 5) is 8.30. The zero-order valence-corrected chi connectivity index (χ0v) is 6.46. The van der Waals surface area contributed by atoms with Crippen molar-refractivity contribution in [3.63, 3.8) is 0 Å². The summed E-state index contributed by atoms with van der Waals surface area (Å²) in [5.74, 6) is 1.88. The van der Waals surface area contributed by atoms with E-state index in [1.165, 1.54) is 5.56 Å². The molecule has 0 fully saturated rings. The molecule has 62 valence electrons. The molecule has 0 aromatic carbocycles. The van der Waals surface area contributed by atoms with Crippen molar-refractivity contribution in [3.05, 3.63) is 11.9 Å². The molecule has 5 heteroatoms. The molecule has 2 aliphatic rings. The maximum atomic E-state index is 4.17. The third kappa shape index (κ3) is 0.660. The van der Waals surface area contributed by atoms with E-state index in [2.05, 4.69) is 26.1 Å². The molecule has 0 radical (unpaired) electrons. The summed E-state index contributed by atoms with van der Waals surface area (Å²) < 4.78 is 0. The van der Waals surface area contributed by atoms with Crippen LogP contribution in [0.15, 0.2) is 6.33 Å². The van der Waals surface area contributed by atoms with Gasteiger partial charge in [0.1, 0.15) is 12.1 Å². The summed E-state index contributed by atoms with van der Waals surface area (Å²) in [6.07, 6.45) is 2.66. The molecule has 12 heavy (non-hydrogen) atoms. The van der Waals surface area contributed by atoms with E-state index in [1.807, 2.05) is 0 Å². The van der Waals surface area contributed by atoms with Crippen LogP contribution < -0.4 is 16.2 Å². The lowest BCUT2D eigenvalue weighted by Gasteiger charge is -2.19. The molecule has 0 saturated heterocycles. The fourth-order valence-electron chi connectivity index (χ4n) is 1.75. The Balaban J connectivity index is 2.23. The number of anilines is 2. The van der Waals surface area contributed by atoms with Crippen LogP contribution in [-0.2, 0) is 0 Å². The van der Waals surface area contributed by atoms with Crippen LogP contribution >= 0.6 is 0 Å². The van der Waals surface area contributed by atoms with Crippen molar-refractivity contribution >= 4 is 11.6 Å². The first kappa shape index (κ1) is 6.19. The second kappa shape index (κ2) is 2.07. The molecule has 1 aromatic heterocycles. The van der Waals surface area contributed by atoms with Crippen molar-refractivity contribution in [2.24, 2.45) is 0 Å². The van der Waals surface area contributed by atoms with Crippen molar-refractivity contribution in [2.45, 2.75) is 12.5 Å². The zero-order chi connectivity index (χ0) is 7.97. The summed E-state index contributed by atoms with van der Waals surface area (Å²) in [6.45, 7) is 0.975. The highest BCUT2D eigenvalue weighted by atomic mass is 15.4. The zero-order valence-electron chi connectivity index (χ0n) is 6.46. The van der Waals surface area contributed by atoms with E-state index in [0.717, 1.165) is 24.6 Å². The van der Waals surface area contributed by atoms with Crippen LogP contribution in [0.3, 0.4) is 0 Å². The number of nitrogens with zero attached hydrogens (tertiary/aromatic N) is 2. The van der Waals surface area contributed by atoms with Crippen molar-refractivity contribution in [3.8, 4) is 0 Å². The lowest BCUT2D eigenvalue weighted by molar-refractivity contribution is 0.575. The first-order chi connectivity index (χ1) is 5.95. The van der Waals surface area contributed by atoms with Crippen LogP contribution in [-0.4, -0.2) is 16.5 Å². The largest absolute Gasteiger partial charge is 0.370 e. The van der Waals surface area contributed by atoms with E-state index in [0.29, 0.717) is 6.04 Å². The minimum absolute atomic E-state index is 0.387. The van der Waals surface area contributed by atoms with Crippen LogP contribution in [0.2, 0.25) is 0 Å². The molecule has 3 heterocycles. The maximum absolute atomic E-state index is 4.17. The summed E-state index contributed by atoms with van der Waals surface area (Å²) >= 11 is 0. The Morgan fingerprint density at radius 1 is 1.33 bits per heavy atom. The molecule has 1 atom stereocenters. The van der Waals surface area contributed by atoms with Crippen molar-refractivity contribution in [2.75, 3.05) is 17.3 Å². The van der Waals surface area contributed by atoms with E-state index in [4.69, 9.17) is 0 Å². The lowest BCUT2D eigenvalue weighted by atomic mass is 10.0. The third-order valence-electron chi connectivity index (χ3n) is 2.32. The van der Waals surface area contributed by atoms with Crippen LogP contribution in [0.25, 0.3) is 0 Å². The van der Waals surface area contributed by atoms with Gasteiger partial charge in [-0.2, -0.15) is 0 Å². The summed E-state index contributed by atoms with van der Waals surface area (Å²) in [6, 6.07) is 0.387. The molecule has 1 unspecified atom stereocenters. The highest BCUT2D eigenvalue weighted by molar-refractivity contribution is 5.62. The number of aromatic nitrogens is 2. The average molecular weight is 163 g/mol. The Labute approximate surface area is 69.6 Å². The predicted octanol–water partition coefficient (Wildman–Crippen LogP) is 0.263. The Hall–Kier alpha value is -1.36.